The van der Waals surface area contributed by atoms with Crippen LogP contribution < -0.4 is 9.62 Å². The molecule has 0 saturated heterocycles. The van der Waals surface area contributed by atoms with Gasteiger partial charge >= 0.3 is 12.3 Å². The number of hydrogen-bond acceptors (Lipinski definition) is 4. The molecule has 0 saturated carbocycles. The fourth-order valence-corrected chi connectivity index (χ4v) is 3.53. The van der Waals surface area contributed by atoms with E-state index in [0.717, 1.165) is 0 Å². The highest BCUT2D eigenvalue weighted by Crippen LogP contribution is 2.35. The van der Waals surface area contributed by atoms with Crippen molar-refractivity contribution < 1.29 is 26.9 Å². The van der Waals surface area contributed by atoms with Crippen molar-refractivity contribution in [1.29, 1.82) is 0 Å². The van der Waals surface area contributed by atoms with E-state index in [4.69, 9.17) is 4.74 Å². The number of ether oxygens (including phenoxy) is 1. The number of hydrogen-bond donors (Lipinski definition) is 1. The van der Waals surface area contributed by atoms with E-state index in [-0.39, 0.29) is 5.69 Å². The van der Waals surface area contributed by atoms with Gasteiger partial charge in [-0.25, -0.2) is 13.7 Å². The van der Waals surface area contributed by atoms with Gasteiger partial charge in [0.05, 0.1) is 32.8 Å². The van der Waals surface area contributed by atoms with Gasteiger partial charge in [-0.05, 0) is 66.5 Å². The number of nitrogens with zero attached hydrogens (tertiary/aromatic N) is 2. The lowest BCUT2D eigenvalue weighted by Crippen LogP contribution is -2.42. The zero-order valence-corrected chi connectivity index (χ0v) is 18.3. The first-order valence-electron chi connectivity index (χ1n) is 9.35. The maximum absolute atomic E-state index is 13.7. The smallest absolute Gasteiger partial charge is 0.414 e. The Hall–Kier alpha value is -1.68. The molecule has 0 fully saturated rings. The number of alkyl halides is 3. The van der Waals surface area contributed by atoms with Crippen LogP contribution >= 0.6 is 0 Å². The zero-order valence-electron chi connectivity index (χ0n) is 17.5. The summed E-state index contributed by atoms with van der Waals surface area (Å²) < 4.78 is 59.9. The van der Waals surface area contributed by atoms with Gasteiger partial charge in [0.25, 0.3) is 0 Å². The molecular weight excluding hydrogens is 407 g/mol. The van der Waals surface area contributed by atoms with E-state index >= 15 is 0 Å². The number of pyridine rings is 1. The predicted molar refractivity (Wildman–Crippen MR) is 106 cm³/mol. The standard InChI is InChI=1S/C19H28F3N3O3S/c1-17(2,3)28-16(26)25-11-7-8-12-14(25)10-9-13(23-12)15(19(20,21)22)24-29(27)18(4,5)6/h9-10,15,24H,7-8,11H2,1-6H3. The van der Waals surface area contributed by atoms with Crippen molar-refractivity contribution in [1.82, 2.24) is 9.71 Å². The van der Waals surface area contributed by atoms with Gasteiger partial charge in [-0.3, -0.25) is 9.88 Å². The third kappa shape index (κ3) is 6.15. The Labute approximate surface area is 171 Å². The Kier molecular flexibility index (Phi) is 6.69. The first-order valence-corrected chi connectivity index (χ1v) is 10.5. The lowest BCUT2D eigenvalue weighted by Gasteiger charge is -2.32. The summed E-state index contributed by atoms with van der Waals surface area (Å²) in [6.45, 7) is 10.4. The average molecular weight is 436 g/mol. The van der Waals surface area contributed by atoms with Gasteiger partial charge in [0.1, 0.15) is 5.60 Å². The second-order valence-corrected chi connectivity index (χ2v) is 10.9. The van der Waals surface area contributed by atoms with Crippen LogP contribution in [0.15, 0.2) is 12.1 Å². The molecule has 1 aliphatic rings. The van der Waals surface area contributed by atoms with Crippen LogP contribution in [0.25, 0.3) is 0 Å². The number of amides is 1. The summed E-state index contributed by atoms with van der Waals surface area (Å²) in [6.07, 6.45) is -4.25. The van der Waals surface area contributed by atoms with Crippen molar-refractivity contribution in [2.24, 2.45) is 0 Å². The molecule has 1 amide bonds. The van der Waals surface area contributed by atoms with Gasteiger partial charge in [0, 0.05) is 6.54 Å². The van der Waals surface area contributed by atoms with Gasteiger partial charge in [0.2, 0.25) is 0 Å². The first-order chi connectivity index (χ1) is 13.1. The van der Waals surface area contributed by atoms with Gasteiger partial charge in [-0.15, -0.1) is 0 Å². The number of aromatic nitrogens is 1. The summed E-state index contributed by atoms with van der Waals surface area (Å²) >= 11 is 0. The van der Waals surface area contributed by atoms with E-state index in [1.54, 1.807) is 41.5 Å². The third-order valence-corrected chi connectivity index (χ3v) is 5.64. The minimum atomic E-state index is -4.68. The molecule has 1 N–H and O–H groups in total. The van der Waals surface area contributed by atoms with Crippen molar-refractivity contribution >= 4 is 22.8 Å². The molecule has 10 heteroatoms. The highest BCUT2D eigenvalue weighted by atomic mass is 32.2. The second kappa shape index (κ2) is 8.22. The Morgan fingerprint density at radius 3 is 2.34 bits per heavy atom. The molecule has 2 rings (SSSR count). The van der Waals surface area contributed by atoms with Crippen molar-refractivity contribution in [3.8, 4) is 0 Å². The van der Waals surface area contributed by atoms with Crippen LogP contribution in [0, 0.1) is 0 Å². The summed E-state index contributed by atoms with van der Waals surface area (Å²) in [5.74, 6) is 0. The normalized spacial score (nSPS) is 17.5. The molecular formula is C19H28F3N3O3S. The minimum absolute atomic E-state index is 0.278. The molecule has 2 unspecified atom stereocenters. The number of rotatable bonds is 3. The van der Waals surface area contributed by atoms with E-state index < -0.39 is 39.6 Å². The summed E-state index contributed by atoms with van der Waals surface area (Å²) in [5, 5.41) is 0. The summed E-state index contributed by atoms with van der Waals surface area (Å²) in [6, 6.07) is 0.484. The number of anilines is 1. The zero-order chi connectivity index (χ0) is 22.2. The molecule has 0 spiro atoms. The van der Waals surface area contributed by atoms with Crippen molar-refractivity contribution in [2.75, 3.05) is 11.4 Å². The average Bonchev–Trinajstić information content (AvgIpc) is 2.54. The van der Waals surface area contributed by atoms with Crippen LogP contribution in [-0.2, 0) is 22.1 Å². The largest absolute Gasteiger partial charge is 0.443 e. The Morgan fingerprint density at radius 2 is 1.83 bits per heavy atom. The number of carbonyl (C=O) groups is 1. The van der Waals surface area contributed by atoms with Gasteiger partial charge in [0.15, 0.2) is 6.04 Å². The quantitative estimate of drug-likeness (QED) is 0.763. The molecule has 6 nitrogen and oxygen atoms in total. The van der Waals surface area contributed by atoms with Crippen LogP contribution in [0.3, 0.4) is 0 Å². The number of halogens is 3. The molecule has 1 aromatic rings. The topological polar surface area (TPSA) is 71.5 Å². The molecule has 0 aromatic carbocycles. The maximum atomic E-state index is 13.7. The highest BCUT2D eigenvalue weighted by Gasteiger charge is 2.44. The Morgan fingerprint density at radius 1 is 1.21 bits per heavy atom. The molecule has 1 aromatic heterocycles. The van der Waals surface area contributed by atoms with Crippen LogP contribution in [-0.4, -0.2) is 38.4 Å². The van der Waals surface area contributed by atoms with E-state index in [0.29, 0.717) is 30.8 Å². The number of fused-ring (bicyclic) bond motifs is 1. The maximum Gasteiger partial charge on any atom is 0.414 e. The molecule has 0 aliphatic carbocycles. The van der Waals surface area contributed by atoms with Gasteiger partial charge in [-0.2, -0.15) is 13.2 Å². The van der Waals surface area contributed by atoms with E-state index in [1.807, 2.05) is 0 Å². The Balaban J connectivity index is 2.36. The number of nitrogens with one attached hydrogen (secondary N) is 1. The third-order valence-electron chi connectivity index (χ3n) is 4.08. The van der Waals surface area contributed by atoms with Gasteiger partial charge in [-0.1, -0.05) is 0 Å². The summed E-state index contributed by atoms with van der Waals surface area (Å²) in [5.41, 5.74) is -0.145. The molecule has 1 aliphatic heterocycles. The lowest BCUT2D eigenvalue weighted by molar-refractivity contribution is -0.153. The molecule has 2 atom stereocenters. The molecule has 0 radical (unpaired) electrons. The lowest BCUT2D eigenvalue weighted by atomic mass is 10.1. The second-order valence-electron chi connectivity index (χ2n) is 8.91. The minimum Gasteiger partial charge on any atom is -0.443 e. The SMILES string of the molecule is CC(C)(C)OC(=O)N1CCCc2nc(C(NS(=O)C(C)(C)C)C(F)(F)F)ccc21. The van der Waals surface area contributed by atoms with Crippen molar-refractivity contribution in [2.45, 2.75) is 77.0 Å². The van der Waals surface area contributed by atoms with Crippen LogP contribution in [0.4, 0.5) is 23.7 Å². The van der Waals surface area contributed by atoms with Crippen LogP contribution in [0.2, 0.25) is 0 Å². The monoisotopic (exact) mass is 435 g/mol. The van der Waals surface area contributed by atoms with Gasteiger partial charge < -0.3 is 4.74 Å². The number of carbonyl (C=O) groups excluding carboxylic acids is 1. The fraction of sp³-hybridized carbons (Fsp3) is 0.684. The number of aryl methyl sites for hydroxylation is 1. The first kappa shape index (κ1) is 23.6. The molecule has 0 bridgehead atoms. The highest BCUT2D eigenvalue weighted by molar-refractivity contribution is 7.84. The fourth-order valence-electron chi connectivity index (χ4n) is 2.71. The molecule has 164 valence electrons. The van der Waals surface area contributed by atoms with Crippen LogP contribution in [0.5, 0.6) is 0 Å². The van der Waals surface area contributed by atoms with Crippen molar-refractivity contribution in [3.63, 3.8) is 0 Å². The van der Waals surface area contributed by atoms with Crippen molar-refractivity contribution in [3.05, 3.63) is 23.5 Å². The van der Waals surface area contributed by atoms with E-state index in [1.165, 1.54) is 17.0 Å². The molecule has 29 heavy (non-hydrogen) atoms. The van der Waals surface area contributed by atoms with E-state index in [2.05, 4.69) is 9.71 Å². The molecule has 2 heterocycles. The summed E-state index contributed by atoms with van der Waals surface area (Å²) in [4.78, 5) is 18.0. The predicted octanol–water partition coefficient (Wildman–Crippen LogP) is 4.42. The van der Waals surface area contributed by atoms with Crippen LogP contribution in [0.1, 0.15) is 65.4 Å². The summed E-state index contributed by atoms with van der Waals surface area (Å²) in [7, 11) is -1.94. The van der Waals surface area contributed by atoms with E-state index in [9.17, 15) is 22.2 Å². The Bertz CT molecular complexity index is 786.